The minimum atomic E-state index is 0.00667. The Hall–Kier alpha value is -1.63. The van der Waals surface area contributed by atoms with Crippen LogP contribution in [0.4, 0.5) is 0 Å². The quantitative estimate of drug-likeness (QED) is 0.817. The highest BCUT2D eigenvalue weighted by atomic mass is 32.1. The summed E-state index contributed by atoms with van der Waals surface area (Å²) in [6.45, 7) is 2.68. The Kier molecular flexibility index (Phi) is 4.04. The highest BCUT2D eigenvalue weighted by molar-refractivity contribution is 7.71. The van der Waals surface area contributed by atoms with E-state index in [1.54, 1.807) is 7.05 Å². The first-order valence-electron chi connectivity index (χ1n) is 6.43. The maximum Gasteiger partial charge on any atom is 0.221 e. The molecule has 2 aromatic rings. The van der Waals surface area contributed by atoms with Crippen molar-refractivity contribution in [2.45, 2.75) is 32.7 Å². The summed E-state index contributed by atoms with van der Waals surface area (Å²) in [5.74, 6) is 0.00667. The van der Waals surface area contributed by atoms with Crippen molar-refractivity contribution >= 4 is 29.3 Å². The Morgan fingerprint density at radius 3 is 2.89 bits per heavy atom. The van der Waals surface area contributed by atoms with Gasteiger partial charge in [0.1, 0.15) is 5.52 Å². The molecule has 0 aliphatic carbocycles. The average molecular weight is 281 g/mol. The molecule has 2 N–H and O–H groups in total. The van der Waals surface area contributed by atoms with Gasteiger partial charge in [0.25, 0.3) is 0 Å². The standard InChI is InChI=1S/C12H19N5OS/c1-4-5-8-10-11(16(3)15-8)17(12(19)14-10)7-6-9(18)13-2/h4-7H2,1-3H3,(H,13,18)(H,14,19). The van der Waals surface area contributed by atoms with E-state index in [4.69, 9.17) is 12.2 Å². The maximum atomic E-state index is 11.4. The molecule has 7 heteroatoms. The fourth-order valence-electron chi connectivity index (χ4n) is 2.24. The second-order valence-corrected chi connectivity index (χ2v) is 4.91. The number of carbonyl (C=O) groups is 1. The van der Waals surface area contributed by atoms with Gasteiger partial charge in [-0.25, -0.2) is 0 Å². The number of nitrogens with zero attached hydrogens (tertiary/aromatic N) is 3. The lowest BCUT2D eigenvalue weighted by molar-refractivity contribution is -0.120. The van der Waals surface area contributed by atoms with E-state index in [-0.39, 0.29) is 5.91 Å². The maximum absolute atomic E-state index is 11.4. The Morgan fingerprint density at radius 1 is 1.53 bits per heavy atom. The molecule has 1 amide bonds. The van der Waals surface area contributed by atoms with Gasteiger partial charge in [0.2, 0.25) is 5.91 Å². The first kappa shape index (κ1) is 13.8. The molecule has 2 heterocycles. The fourth-order valence-corrected chi connectivity index (χ4v) is 2.52. The Balaban J connectivity index is 2.41. The number of nitrogens with one attached hydrogen (secondary N) is 2. The topological polar surface area (TPSA) is 67.6 Å². The van der Waals surface area contributed by atoms with Crippen LogP contribution in [0.15, 0.2) is 0 Å². The van der Waals surface area contributed by atoms with E-state index in [0.29, 0.717) is 17.7 Å². The molecule has 0 saturated heterocycles. The number of hydrogen-bond donors (Lipinski definition) is 2. The van der Waals surface area contributed by atoms with Crippen LogP contribution in [0.1, 0.15) is 25.5 Å². The van der Waals surface area contributed by atoms with Gasteiger partial charge in [-0.15, -0.1) is 0 Å². The highest BCUT2D eigenvalue weighted by Gasteiger charge is 2.15. The molecule has 0 saturated carbocycles. The molecule has 2 rings (SSSR count). The lowest BCUT2D eigenvalue weighted by Crippen LogP contribution is -2.19. The molecule has 2 aromatic heterocycles. The van der Waals surface area contributed by atoms with E-state index in [1.807, 2.05) is 16.3 Å². The van der Waals surface area contributed by atoms with Gasteiger partial charge in [-0.05, 0) is 18.6 Å². The molecule has 0 aromatic carbocycles. The second kappa shape index (κ2) is 5.56. The molecule has 0 fully saturated rings. The zero-order valence-corrected chi connectivity index (χ0v) is 12.3. The zero-order chi connectivity index (χ0) is 14.0. The van der Waals surface area contributed by atoms with Gasteiger partial charge in [-0.3, -0.25) is 9.48 Å². The summed E-state index contributed by atoms with van der Waals surface area (Å²) in [5, 5.41) is 7.12. The molecule has 104 valence electrons. The van der Waals surface area contributed by atoms with Gasteiger partial charge >= 0.3 is 0 Å². The Morgan fingerprint density at radius 2 is 2.26 bits per heavy atom. The third kappa shape index (κ3) is 2.56. The molecular formula is C12H19N5OS. The van der Waals surface area contributed by atoms with Crippen molar-refractivity contribution in [2.24, 2.45) is 7.05 Å². The van der Waals surface area contributed by atoms with E-state index in [1.165, 1.54) is 0 Å². The van der Waals surface area contributed by atoms with Crippen LogP contribution in [0, 0.1) is 4.77 Å². The molecule has 0 spiro atoms. The van der Waals surface area contributed by atoms with Crippen molar-refractivity contribution in [3.8, 4) is 0 Å². The lowest BCUT2D eigenvalue weighted by Gasteiger charge is -2.03. The SMILES string of the molecule is CCCc1nn(C)c2c1[nH]c(=S)n2CCC(=O)NC. The van der Waals surface area contributed by atoms with Crippen LogP contribution in [-0.4, -0.2) is 32.3 Å². The first-order chi connectivity index (χ1) is 9.08. The van der Waals surface area contributed by atoms with E-state index < -0.39 is 0 Å². The number of imidazole rings is 1. The molecule has 0 aliphatic heterocycles. The molecule has 6 nitrogen and oxygen atoms in total. The van der Waals surface area contributed by atoms with Crippen LogP contribution in [0.5, 0.6) is 0 Å². The number of carbonyl (C=O) groups excluding carboxylic acids is 1. The van der Waals surface area contributed by atoms with Gasteiger partial charge in [-0.2, -0.15) is 5.10 Å². The number of fused-ring (bicyclic) bond motifs is 1. The van der Waals surface area contributed by atoms with Crippen molar-refractivity contribution in [1.29, 1.82) is 0 Å². The van der Waals surface area contributed by atoms with Crippen LogP contribution in [0.3, 0.4) is 0 Å². The summed E-state index contributed by atoms with van der Waals surface area (Å²) in [7, 11) is 3.54. The third-order valence-corrected chi connectivity index (χ3v) is 3.47. The second-order valence-electron chi connectivity index (χ2n) is 4.52. The zero-order valence-electron chi connectivity index (χ0n) is 11.5. The van der Waals surface area contributed by atoms with Gasteiger partial charge < -0.3 is 14.9 Å². The average Bonchev–Trinajstić information content (AvgIpc) is 2.86. The van der Waals surface area contributed by atoms with Crippen LogP contribution >= 0.6 is 12.2 Å². The van der Waals surface area contributed by atoms with Gasteiger partial charge in [0.15, 0.2) is 10.4 Å². The summed E-state index contributed by atoms with van der Waals surface area (Å²) in [6.07, 6.45) is 2.37. The lowest BCUT2D eigenvalue weighted by atomic mass is 10.2. The van der Waals surface area contributed by atoms with Crippen molar-refractivity contribution in [1.82, 2.24) is 24.6 Å². The third-order valence-electron chi connectivity index (χ3n) is 3.15. The van der Waals surface area contributed by atoms with E-state index in [9.17, 15) is 4.79 Å². The number of aromatic amines is 1. The van der Waals surface area contributed by atoms with E-state index in [0.717, 1.165) is 29.7 Å². The molecular weight excluding hydrogens is 262 g/mol. The van der Waals surface area contributed by atoms with Crippen molar-refractivity contribution in [2.75, 3.05) is 7.05 Å². The number of hydrogen-bond acceptors (Lipinski definition) is 3. The fraction of sp³-hybridized carbons (Fsp3) is 0.583. The number of amides is 1. The van der Waals surface area contributed by atoms with Crippen LogP contribution in [-0.2, 0) is 24.8 Å². The van der Waals surface area contributed by atoms with E-state index >= 15 is 0 Å². The molecule has 19 heavy (non-hydrogen) atoms. The predicted molar refractivity (Wildman–Crippen MR) is 76.6 cm³/mol. The van der Waals surface area contributed by atoms with Crippen molar-refractivity contribution in [3.05, 3.63) is 10.5 Å². The predicted octanol–water partition coefficient (Wildman–Crippen LogP) is 1.52. The summed E-state index contributed by atoms with van der Waals surface area (Å²) in [6, 6.07) is 0. The normalized spacial score (nSPS) is 11.1. The number of rotatable bonds is 5. The van der Waals surface area contributed by atoms with E-state index in [2.05, 4.69) is 22.3 Å². The minimum Gasteiger partial charge on any atom is -0.359 e. The largest absolute Gasteiger partial charge is 0.359 e. The molecule has 0 atom stereocenters. The number of aromatic nitrogens is 4. The Bertz CT molecular complexity index is 651. The van der Waals surface area contributed by atoms with Crippen LogP contribution in [0.2, 0.25) is 0 Å². The molecule has 0 radical (unpaired) electrons. The van der Waals surface area contributed by atoms with Crippen LogP contribution in [0.25, 0.3) is 11.2 Å². The Labute approximate surface area is 116 Å². The molecule has 0 bridgehead atoms. The number of H-pyrrole nitrogens is 1. The minimum absolute atomic E-state index is 0.00667. The summed E-state index contributed by atoms with van der Waals surface area (Å²) in [4.78, 5) is 14.6. The monoisotopic (exact) mass is 281 g/mol. The number of aryl methyl sites for hydroxylation is 3. The summed E-state index contributed by atoms with van der Waals surface area (Å²) < 4.78 is 4.41. The molecule has 0 unspecified atom stereocenters. The van der Waals surface area contributed by atoms with Crippen molar-refractivity contribution in [3.63, 3.8) is 0 Å². The van der Waals surface area contributed by atoms with Crippen molar-refractivity contribution < 1.29 is 4.79 Å². The summed E-state index contributed by atoms with van der Waals surface area (Å²) >= 11 is 5.33. The summed E-state index contributed by atoms with van der Waals surface area (Å²) in [5.41, 5.74) is 2.98. The highest BCUT2D eigenvalue weighted by Crippen LogP contribution is 2.19. The van der Waals surface area contributed by atoms with Gasteiger partial charge in [0, 0.05) is 27.1 Å². The smallest absolute Gasteiger partial charge is 0.221 e. The van der Waals surface area contributed by atoms with Crippen LogP contribution < -0.4 is 5.32 Å². The van der Waals surface area contributed by atoms with Gasteiger partial charge in [0.05, 0.1) is 5.69 Å². The first-order valence-corrected chi connectivity index (χ1v) is 6.84. The van der Waals surface area contributed by atoms with Gasteiger partial charge in [-0.1, -0.05) is 13.3 Å². The molecule has 0 aliphatic rings.